The summed E-state index contributed by atoms with van der Waals surface area (Å²) in [6.07, 6.45) is 3.51. The van der Waals surface area contributed by atoms with Crippen LogP contribution in [0.1, 0.15) is 23.5 Å². The van der Waals surface area contributed by atoms with Crippen molar-refractivity contribution in [3.05, 3.63) is 70.0 Å². The fourth-order valence-electron chi connectivity index (χ4n) is 4.02. The molecular weight excluding hydrogens is 338 g/mol. The van der Waals surface area contributed by atoms with Crippen LogP contribution in [0.5, 0.6) is 0 Å². The largest absolute Gasteiger partial charge is 0.381 e. The summed E-state index contributed by atoms with van der Waals surface area (Å²) in [5, 5.41) is 0.658. The van der Waals surface area contributed by atoms with E-state index in [9.17, 15) is 4.79 Å². The SMILES string of the molecule is O=c1c2ccc(C#Cc3ccccn3)cc2nc2n1CCC1COC[C@H]1C2. The minimum atomic E-state index is 0.0557. The molecule has 0 bridgehead atoms. The molecule has 1 saturated heterocycles. The predicted octanol–water partition coefficient (Wildman–Crippen LogP) is 2.40. The molecule has 3 aromatic rings. The number of hydrogen-bond donors (Lipinski definition) is 0. The zero-order valence-electron chi connectivity index (χ0n) is 14.9. The van der Waals surface area contributed by atoms with E-state index in [1.165, 1.54) is 0 Å². The lowest BCUT2D eigenvalue weighted by Gasteiger charge is -2.12. The second-order valence-electron chi connectivity index (χ2n) is 7.23. The Hall–Kier alpha value is -2.97. The Morgan fingerprint density at radius 1 is 1.11 bits per heavy atom. The van der Waals surface area contributed by atoms with Crippen molar-refractivity contribution in [3.63, 3.8) is 0 Å². The predicted molar refractivity (Wildman–Crippen MR) is 102 cm³/mol. The quantitative estimate of drug-likeness (QED) is 0.580. The lowest BCUT2D eigenvalue weighted by atomic mass is 9.91. The molecule has 2 atom stereocenters. The fraction of sp³-hybridized carbons (Fsp3) is 0.318. The molecule has 2 aliphatic rings. The number of fused-ring (bicyclic) bond motifs is 3. The highest BCUT2D eigenvalue weighted by molar-refractivity contribution is 5.79. The lowest BCUT2D eigenvalue weighted by molar-refractivity contribution is 0.177. The Morgan fingerprint density at radius 2 is 2.04 bits per heavy atom. The Bertz CT molecular complexity index is 1130. The van der Waals surface area contributed by atoms with E-state index >= 15 is 0 Å². The van der Waals surface area contributed by atoms with Crippen LogP contribution >= 0.6 is 0 Å². The molecule has 1 aromatic carbocycles. The molecule has 0 amide bonds. The van der Waals surface area contributed by atoms with Gasteiger partial charge >= 0.3 is 0 Å². The second-order valence-corrected chi connectivity index (χ2v) is 7.23. The summed E-state index contributed by atoms with van der Waals surface area (Å²) in [7, 11) is 0. The molecule has 5 heteroatoms. The zero-order valence-corrected chi connectivity index (χ0v) is 14.9. The number of benzene rings is 1. The summed E-state index contributed by atoms with van der Waals surface area (Å²) >= 11 is 0. The van der Waals surface area contributed by atoms with Gasteiger partial charge < -0.3 is 4.74 Å². The number of rotatable bonds is 0. The second kappa shape index (κ2) is 6.64. The molecule has 4 heterocycles. The van der Waals surface area contributed by atoms with Gasteiger partial charge in [-0.15, -0.1) is 0 Å². The van der Waals surface area contributed by atoms with Gasteiger partial charge in [-0.25, -0.2) is 9.97 Å². The summed E-state index contributed by atoms with van der Waals surface area (Å²) in [4.78, 5) is 22.0. The minimum Gasteiger partial charge on any atom is -0.381 e. The van der Waals surface area contributed by atoms with Gasteiger partial charge in [0.1, 0.15) is 11.5 Å². The molecule has 0 radical (unpaired) electrons. The first-order chi connectivity index (χ1) is 13.3. The van der Waals surface area contributed by atoms with E-state index in [1.54, 1.807) is 6.20 Å². The van der Waals surface area contributed by atoms with Gasteiger partial charge in [-0.05, 0) is 54.5 Å². The summed E-state index contributed by atoms with van der Waals surface area (Å²) in [5.41, 5.74) is 2.33. The van der Waals surface area contributed by atoms with E-state index in [2.05, 4.69) is 16.8 Å². The van der Waals surface area contributed by atoms with Crippen LogP contribution in [0.4, 0.5) is 0 Å². The standard InChI is InChI=1S/C22H19N3O2/c26-22-19-7-5-15(4-6-18-3-1-2-9-23-18)11-20(19)24-21-12-17-14-27-13-16(17)8-10-25(21)22/h1-3,5,7,9,11,16-17H,8,10,12-14H2/t16?,17-/m1/s1. The third kappa shape index (κ3) is 3.02. The van der Waals surface area contributed by atoms with Gasteiger partial charge in [-0.1, -0.05) is 12.0 Å². The highest BCUT2D eigenvalue weighted by Gasteiger charge is 2.32. The minimum absolute atomic E-state index is 0.0557. The van der Waals surface area contributed by atoms with E-state index < -0.39 is 0 Å². The number of nitrogens with zero attached hydrogens (tertiary/aromatic N) is 3. The van der Waals surface area contributed by atoms with Crippen molar-refractivity contribution in [2.24, 2.45) is 11.8 Å². The van der Waals surface area contributed by atoms with Crippen LogP contribution in [0, 0.1) is 23.7 Å². The zero-order chi connectivity index (χ0) is 18.2. The maximum Gasteiger partial charge on any atom is 0.261 e. The summed E-state index contributed by atoms with van der Waals surface area (Å²) in [6.45, 7) is 2.30. The van der Waals surface area contributed by atoms with Gasteiger partial charge in [0.15, 0.2) is 0 Å². The van der Waals surface area contributed by atoms with Gasteiger partial charge in [0.25, 0.3) is 5.56 Å². The molecule has 0 spiro atoms. The van der Waals surface area contributed by atoms with E-state index in [0.717, 1.165) is 55.2 Å². The molecule has 5 rings (SSSR count). The van der Waals surface area contributed by atoms with Crippen LogP contribution in [0.15, 0.2) is 47.4 Å². The molecule has 27 heavy (non-hydrogen) atoms. The Balaban J connectivity index is 1.56. The number of aromatic nitrogens is 3. The Kier molecular flexibility index (Phi) is 3.99. The van der Waals surface area contributed by atoms with Crippen LogP contribution in [-0.2, 0) is 17.7 Å². The van der Waals surface area contributed by atoms with Crippen LogP contribution in [0.3, 0.4) is 0 Å². The summed E-state index contributed by atoms with van der Waals surface area (Å²) < 4.78 is 7.49. The first kappa shape index (κ1) is 16.2. The van der Waals surface area contributed by atoms with Gasteiger partial charge in [-0.2, -0.15) is 0 Å². The molecule has 0 saturated carbocycles. The third-order valence-electron chi connectivity index (χ3n) is 5.53. The first-order valence-corrected chi connectivity index (χ1v) is 9.32. The topological polar surface area (TPSA) is 57.0 Å². The summed E-state index contributed by atoms with van der Waals surface area (Å²) in [6, 6.07) is 11.3. The van der Waals surface area contributed by atoms with Crippen molar-refractivity contribution in [3.8, 4) is 11.8 Å². The van der Waals surface area contributed by atoms with Crippen LogP contribution in [0.2, 0.25) is 0 Å². The van der Waals surface area contributed by atoms with Gasteiger partial charge in [-0.3, -0.25) is 9.36 Å². The molecule has 2 aliphatic heterocycles. The van der Waals surface area contributed by atoms with E-state index in [0.29, 0.717) is 17.2 Å². The molecule has 1 fully saturated rings. The smallest absolute Gasteiger partial charge is 0.261 e. The van der Waals surface area contributed by atoms with E-state index in [1.807, 2.05) is 41.0 Å². The monoisotopic (exact) mass is 357 g/mol. The molecular formula is C22H19N3O2. The van der Waals surface area contributed by atoms with Crippen molar-refractivity contribution >= 4 is 10.9 Å². The van der Waals surface area contributed by atoms with Crippen molar-refractivity contribution in [2.75, 3.05) is 13.2 Å². The molecule has 0 N–H and O–H groups in total. The molecule has 2 aromatic heterocycles. The average Bonchev–Trinajstić information content (AvgIpc) is 3.06. The fourth-order valence-corrected chi connectivity index (χ4v) is 4.02. The van der Waals surface area contributed by atoms with E-state index in [-0.39, 0.29) is 5.56 Å². The van der Waals surface area contributed by atoms with Crippen molar-refractivity contribution in [1.82, 2.24) is 14.5 Å². The van der Waals surface area contributed by atoms with E-state index in [4.69, 9.17) is 9.72 Å². The highest BCUT2D eigenvalue weighted by atomic mass is 16.5. The number of hydrogen-bond acceptors (Lipinski definition) is 4. The summed E-state index contributed by atoms with van der Waals surface area (Å²) in [5.74, 6) is 8.05. The normalized spacial score (nSPS) is 21.0. The van der Waals surface area contributed by atoms with Gasteiger partial charge in [0, 0.05) is 31.3 Å². The lowest BCUT2D eigenvalue weighted by Crippen LogP contribution is -2.25. The van der Waals surface area contributed by atoms with Crippen molar-refractivity contribution in [1.29, 1.82) is 0 Å². The van der Waals surface area contributed by atoms with Crippen molar-refractivity contribution in [2.45, 2.75) is 19.4 Å². The van der Waals surface area contributed by atoms with Crippen LogP contribution in [-0.4, -0.2) is 27.7 Å². The maximum atomic E-state index is 13.0. The molecule has 5 nitrogen and oxygen atoms in total. The number of pyridine rings is 1. The Morgan fingerprint density at radius 3 is 2.93 bits per heavy atom. The van der Waals surface area contributed by atoms with Crippen LogP contribution in [0.25, 0.3) is 10.9 Å². The molecule has 0 aliphatic carbocycles. The van der Waals surface area contributed by atoms with Gasteiger partial charge in [0.05, 0.1) is 17.5 Å². The maximum absolute atomic E-state index is 13.0. The van der Waals surface area contributed by atoms with Crippen molar-refractivity contribution < 1.29 is 4.74 Å². The molecule has 134 valence electrons. The molecule has 1 unspecified atom stereocenters. The van der Waals surface area contributed by atoms with Crippen LogP contribution < -0.4 is 5.56 Å². The Labute approximate surface area is 157 Å². The third-order valence-corrected chi connectivity index (χ3v) is 5.53. The highest BCUT2D eigenvalue weighted by Crippen LogP contribution is 2.30. The average molecular weight is 357 g/mol. The van der Waals surface area contributed by atoms with Gasteiger partial charge in [0.2, 0.25) is 0 Å². The first-order valence-electron chi connectivity index (χ1n) is 9.32. The number of ether oxygens (including phenoxy) is 1.